The normalized spacial score (nSPS) is 15.6. The number of aryl methyl sites for hydroxylation is 2. The first-order valence-corrected chi connectivity index (χ1v) is 12.5. The molecule has 0 spiro atoms. The summed E-state index contributed by atoms with van der Waals surface area (Å²) in [6.07, 6.45) is 1.88. The van der Waals surface area contributed by atoms with Crippen LogP contribution in [-0.2, 0) is 12.8 Å². The summed E-state index contributed by atoms with van der Waals surface area (Å²) >= 11 is 0. The Hall–Kier alpha value is -4.39. The first kappa shape index (κ1) is 24.3. The van der Waals surface area contributed by atoms with Gasteiger partial charge in [0.1, 0.15) is 5.75 Å². The third kappa shape index (κ3) is 4.72. The van der Waals surface area contributed by atoms with Crippen molar-refractivity contribution < 1.29 is 14.1 Å². The molecular formula is C30H30N4O3. The number of methoxy groups -OCH3 is 1. The summed E-state index contributed by atoms with van der Waals surface area (Å²) in [5.74, 6) is 1.55. The number of allylic oxidation sites excluding steroid dienone is 1. The molecule has 188 valence electrons. The molecule has 2 amide bonds. The van der Waals surface area contributed by atoms with E-state index in [1.807, 2.05) is 67.6 Å². The Bertz CT molecular complexity index is 1440. The largest absolute Gasteiger partial charge is 0.497 e. The number of benzene rings is 3. The standard InChI is InChI=1S/C30H30N4O3/c1-5-20-10-14-22(15-11-20)28-32-29(37-33-28)26-19(3)34(24-16-12-21(6-2)13-17-24)30(35)31-27(26)23-8-7-9-25(18-23)36-4/h7-18,27H,5-6H2,1-4H3,(H,31,35). The van der Waals surface area contributed by atoms with Crippen LogP contribution in [0.1, 0.15) is 49.4 Å². The zero-order valence-corrected chi connectivity index (χ0v) is 21.5. The summed E-state index contributed by atoms with van der Waals surface area (Å²) in [7, 11) is 1.62. The number of rotatable bonds is 7. The van der Waals surface area contributed by atoms with E-state index in [2.05, 4.69) is 36.5 Å². The predicted octanol–water partition coefficient (Wildman–Crippen LogP) is 6.57. The Labute approximate surface area is 216 Å². The SMILES string of the molecule is CCc1ccc(-c2noc(C3=C(C)N(c4ccc(CC)cc4)C(=O)NC3c3cccc(OC)c3)n2)cc1. The summed E-state index contributed by atoms with van der Waals surface area (Å²) in [6, 6.07) is 23.0. The maximum atomic E-state index is 13.4. The van der Waals surface area contributed by atoms with E-state index >= 15 is 0 Å². The van der Waals surface area contributed by atoms with Crippen molar-refractivity contribution in [3.63, 3.8) is 0 Å². The van der Waals surface area contributed by atoms with Crippen molar-refractivity contribution in [2.75, 3.05) is 12.0 Å². The monoisotopic (exact) mass is 494 g/mol. The van der Waals surface area contributed by atoms with E-state index in [1.54, 1.807) is 12.0 Å². The maximum absolute atomic E-state index is 13.4. The van der Waals surface area contributed by atoms with Gasteiger partial charge in [0, 0.05) is 11.3 Å². The Balaban J connectivity index is 1.62. The maximum Gasteiger partial charge on any atom is 0.326 e. The van der Waals surface area contributed by atoms with E-state index < -0.39 is 6.04 Å². The van der Waals surface area contributed by atoms with Gasteiger partial charge in [0.25, 0.3) is 5.89 Å². The van der Waals surface area contributed by atoms with E-state index in [0.29, 0.717) is 17.5 Å². The van der Waals surface area contributed by atoms with Gasteiger partial charge in [0.15, 0.2) is 0 Å². The van der Waals surface area contributed by atoms with E-state index in [4.69, 9.17) is 14.2 Å². The van der Waals surface area contributed by atoms with Crippen molar-refractivity contribution in [2.45, 2.75) is 39.7 Å². The number of hydrogen-bond acceptors (Lipinski definition) is 5. The Kier molecular flexibility index (Phi) is 6.77. The number of aromatic nitrogens is 2. The molecule has 1 aliphatic heterocycles. The van der Waals surface area contributed by atoms with Gasteiger partial charge in [-0.1, -0.05) is 67.5 Å². The number of urea groups is 1. The van der Waals surface area contributed by atoms with Crippen LogP contribution >= 0.6 is 0 Å². The highest BCUT2D eigenvalue weighted by Gasteiger charge is 2.36. The number of nitrogens with one attached hydrogen (secondary N) is 1. The van der Waals surface area contributed by atoms with Crippen molar-refractivity contribution in [1.82, 2.24) is 15.5 Å². The van der Waals surface area contributed by atoms with Gasteiger partial charge in [-0.15, -0.1) is 0 Å². The number of nitrogens with zero attached hydrogens (tertiary/aromatic N) is 3. The lowest BCUT2D eigenvalue weighted by molar-refractivity contribution is 0.244. The quantitative estimate of drug-likeness (QED) is 0.314. The average Bonchev–Trinajstić information content (AvgIpc) is 3.43. The van der Waals surface area contributed by atoms with Crippen molar-refractivity contribution >= 4 is 17.3 Å². The van der Waals surface area contributed by atoms with Crippen LogP contribution < -0.4 is 15.0 Å². The molecule has 2 heterocycles. The molecule has 1 atom stereocenters. The van der Waals surface area contributed by atoms with Crippen LogP contribution in [0.2, 0.25) is 0 Å². The molecule has 0 aliphatic carbocycles. The summed E-state index contributed by atoms with van der Waals surface area (Å²) in [6.45, 7) is 6.14. The van der Waals surface area contributed by atoms with Gasteiger partial charge in [-0.25, -0.2) is 4.79 Å². The number of amides is 2. The van der Waals surface area contributed by atoms with E-state index in [9.17, 15) is 4.79 Å². The predicted molar refractivity (Wildman–Crippen MR) is 144 cm³/mol. The van der Waals surface area contributed by atoms with E-state index in [0.717, 1.165) is 40.9 Å². The summed E-state index contributed by atoms with van der Waals surface area (Å²) in [4.78, 5) is 19.9. The van der Waals surface area contributed by atoms with Crippen LogP contribution in [0.5, 0.6) is 5.75 Å². The van der Waals surface area contributed by atoms with Crippen molar-refractivity contribution in [2.24, 2.45) is 0 Å². The molecule has 0 saturated carbocycles. The van der Waals surface area contributed by atoms with E-state index in [1.165, 1.54) is 11.1 Å². The minimum absolute atomic E-state index is 0.229. The van der Waals surface area contributed by atoms with Crippen LogP contribution in [0.4, 0.5) is 10.5 Å². The summed E-state index contributed by atoms with van der Waals surface area (Å²) in [5.41, 5.74) is 6.39. The average molecular weight is 495 g/mol. The minimum Gasteiger partial charge on any atom is -0.497 e. The number of carbonyl (C=O) groups excluding carboxylic acids is 1. The molecule has 1 unspecified atom stereocenters. The molecule has 0 fully saturated rings. The highest BCUT2D eigenvalue weighted by atomic mass is 16.5. The third-order valence-electron chi connectivity index (χ3n) is 6.79. The molecule has 0 saturated heterocycles. The molecular weight excluding hydrogens is 464 g/mol. The molecule has 0 radical (unpaired) electrons. The fourth-order valence-electron chi connectivity index (χ4n) is 4.62. The van der Waals surface area contributed by atoms with Crippen LogP contribution in [-0.4, -0.2) is 23.3 Å². The topological polar surface area (TPSA) is 80.5 Å². The molecule has 5 rings (SSSR count). The number of ether oxygens (including phenoxy) is 1. The van der Waals surface area contributed by atoms with Crippen LogP contribution in [0.3, 0.4) is 0 Å². The first-order chi connectivity index (χ1) is 18.0. The van der Waals surface area contributed by atoms with Crippen molar-refractivity contribution in [1.29, 1.82) is 0 Å². The molecule has 7 heteroatoms. The summed E-state index contributed by atoms with van der Waals surface area (Å²) < 4.78 is 11.3. The number of anilines is 1. The molecule has 1 aliphatic rings. The molecule has 1 aromatic heterocycles. The van der Waals surface area contributed by atoms with Crippen molar-refractivity contribution in [3.8, 4) is 17.1 Å². The van der Waals surface area contributed by atoms with Crippen LogP contribution in [0.15, 0.2) is 83.0 Å². The van der Waals surface area contributed by atoms with Gasteiger partial charge in [0.2, 0.25) is 5.82 Å². The fraction of sp³-hybridized carbons (Fsp3) is 0.233. The molecule has 37 heavy (non-hydrogen) atoms. The second-order valence-corrected chi connectivity index (χ2v) is 8.99. The highest BCUT2D eigenvalue weighted by molar-refractivity contribution is 6.01. The molecule has 4 aromatic rings. The molecule has 0 bridgehead atoms. The lowest BCUT2D eigenvalue weighted by atomic mass is 9.94. The van der Waals surface area contributed by atoms with Gasteiger partial charge in [-0.3, -0.25) is 4.90 Å². The van der Waals surface area contributed by atoms with Gasteiger partial charge < -0.3 is 14.6 Å². The highest BCUT2D eigenvalue weighted by Crippen LogP contribution is 2.39. The lowest BCUT2D eigenvalue weighted by Crippen LogP contribution is -2.46. The Morgan fingerprint density at radius 1 is 0.973 bits per heavy atom. The number of carbonyl (C=O) groups is 1. The zero-order valence-electron chi connectivity index (χ0n) is 21.5. The van der Waals surface area contributed by atoms with Gasteiger partial charge in [0.05, 0.1) is 24.4 Å². The van der Waals surface area contributed by atoms with Gasteiger partial charge in [-0.05, 0) is 60.7 Å². The fourth-order valence-corrected chi connectivity index (χ4v) is 4.62. The van der Waals surface area contributed by atoms with Gasteiger partial charge in [-0.2, -0.15) is 4.98 Å². The first-order valence-electron chi connectivity index (χ1n) is 12.5. The Morgan fingerprint density at radius 3 is 2.30 bits per heavy atom. The van der Waals surface area contributed by atoms with Crippen molar-refractivity contribution in [3.05, 3.63) is 101 Å². The van der Waals surface area contributed by atoms with Gasteiger partial charge >= 0.3 is 6.03 Å². The molecule has 7 nitrogen and oxygen atoms in total. The van der Waals surface area contributed by atoms with Crippen LogP contribution in [0.25, 0.3) is 17.0 Å². The number of hydrogen-bond donors (Lipinski definition) is 1. The smallest absolute Gasteiger partial charge is 0.326 e. The van der Waals surface area contributed by atoms with E-state index in [-0.39, 0.29) is 6.03 Å². The second kappa shape index (κ2) is 10.3. The molecule has 1 N–H and O–H groups in total. The zero-order chi connectivity index (χ0) is 25.9. The lowest BCUT2D eigenvalue weighted by Gasteiger charge is -2.35. The molecule has 3 aromatic carbocycles. The summed E-state index contributed by atoms with van der Waals surface area (Å²) in [5, 5.41) is 7.43. The minimum atomic E-state index is -0.496. The van der Waals surface area contributed by atoms with Crippen LogP contribution in [0, 0.1) is 0 Å². The second-order valence-electron chi connectivity index (χ2n) is 8.99. The Morgan fingerprint density at radius 2 is 1.65 bits per heavy atom. The third-order valence-corrected chi connectivity index (χ3v) is 6.79.